The molecular weight excluding hydrogens is 254 g/mol. The van der Waals surface area contributed by atoms with E-state index < -0.39 is 0 Å². The second kappa shape index (κ2) is 8.12. The molecule has 0 fully saturated rings. The molecule has 0 saturated carbocycles. The Labute approximate surface area is 122 Å². The summed E-state index contributed by atoms with van der Waals surface area (Å²) < 4.78 is 16.5. The van der Waals surface area contributed by atoms with Crippen molar-refractivity contribution in [3.05, 3.63) is 23.8 Å². The summed E-state index contributed by atoms with van der Waals surface area (Å²) in [5.74, 6) is 1.56. The van der Waals surface area contributed by atoms with Gasteiger partial charge < -0.3 is 19.5 Å². The summed E-state index contributed by atoms with van der Waals surface area (Å²) in [5, 5.41) is 3.46. The van der Waals surface area contributed by atoms with Crippen LogP contribution >= 0.6 is 0 Å². The lowest BCUT2D eigenvalue weighted by Gasteiger charge is -2.22. The van der Waals surface area contributed by atoms with Gasteiger partial charge in [0, 0.05) is 24.3 Å². The summed E-state index contributed by atoms with van der Waals surface area (Å²) in [6.07, 6.45) is 0. The molecule has 0 aromatic heterocycles. The summed E-state index contributed by atoms with van der Waals surface area (Å²) in [6, 6.07) is 5.95. The second-order valence-electron chi connectivity index (χ2n) is 5.60. The Hall–Kier alpha value is -1.26. The number of ether oxygens (including phenoxy) is 3. The predicted octanol–water partition coefficient (Wildman–Crippen LogP) is 3.00. The quantitative estimate of drug-likeness (QED) is 0.744. The van der Waals surface area contributed by atoms with E-state index in [1.807, 2.05) is 19.1 Å². The number of benzene rings is 1. The van der Waals surface area contributed by atoms with Crippen LogP contribution in [0.3, 0.4) is 0 Å². The summed E-state index contributed by atoms with van der Waals surface area (Å²) in [5.41, 5.74) is 1.15. The molecule has 4 heteroatoms. The van der Waals surface area contributed by atoms with E-state index in [0.29, 0.717) is 19.8 Å². The van der Waals surface area contributed by atoms with Crippen LogP contribution in [-0.4, -0.2) is 32.5 Å². The van der Waals surface area contributed by atoms with E-state index in [0.717, 1.165) is 23.6 Å². The van der Waals surface area contributed by atoms with E-state index in [1.54, 1.807) is 7.11 Å². The predicted molar refractivity (Wildman–Crippen MR) is 81.6 cm³/mol. The van der Waals surface area contributed by atoms with Crippen LogP contribution in [0.4, 0.5) is 0 Å². The minimum absolute atomic E-state index is 0.0612. The number of para-hydroxylation sites is 1. The van der Waals surface area contributed by atoms with E-state index in [4.69, 9.17) is 14.2 Å². The van der Waals surface area contributed by atoms with Gasteiger partial charge in [0.05, 0.1) is 13.7 Å². The first-order valence-electron chi connectivity index (χ1n) is 7.09. The van der Waals surface area contributed by atoms with Crippen molar-refractivity contribution < 1.29 is 14.2 Å². The lowest BCUT2D eigenvalue weighted by atomic mass is 10.1. The fourth-order valence-corrected chi connectivity index (χ4v) is 1.73. The van der Waals surface area contributed by atoms with E-state index >= 15 is 0 Å². The molecule has 0 saturated heterocycles. The van der Waals surface area contributed by atoms with Gasteiger partial charge in [-0.25, -0.2) is 0 Å². The third-order valence-electron chi connectivity index (χ3n) is 2.77. The van der Waals surface area contributed by atoms with Gasteiger partial charge in [0.1, 0.15) is 6.61 Å². The van der Waals surface area contributed by atoms with Crippen molar-refractivity contribution in [2.75, 3.05) is 26.9 Å². The molecule has 0 radical (unpaired) electrons. The molecule has 1 aromatic rings. The maximum Gasteiger partial charge on any atom is 0.165 e. The molecule has 0 atom stereocenters. The van der Waals surface area contributed by atoms with E-state index in [-0.39, 0.29) is 5.54 Å². The normalized spacial score (nSPS) is 11.4. The number of rotatable bonds is 8. The third-order valence-corrected chi connectivity index (χ3v) is 2.77. The fraction of sp³-hybridized carbons (Fsp3) is 0.625. The summed E-state index contributed by atoms with van der Waals surface area (Å²) in [4.78, 5) is 0. The fourth-order valence-electron chi connectivity index (χ4n) is 1.73. The number of methoxy groups -OCH3 is 1. The molecule has 0 bridgehead atoms. The summed E-state index contributed by atoms with van der Waals surface area (Å²) >= 11 is 0. The van der Waals surface area contributed by atoms with Crippen molar-refractivity contribution in [3.63, 3.8) is 0 Å². The van der Waals surface area contributed by atoms with Crippen LogP contribution in [0.1, 0.15) is 33.3 Å². The van der Waals surface area contributed by atoms with Gasteiger partial charge in [0.25, 0.3) is 0 Å². The minimum atomic E-state index is 0.0612. The maximum absolute atomic E-state index is 5.84. The molecule has 1 rings (SSSR count). The molecule has 0 aliphatic rings. The van der Waals surface area contributed by atoms with Crippen molar-refractivity contribution in [2.45, 2.75) is 39.8 Å². The Balaban J connectivity index is 2.76. The molecule has 0 aliphatic heterocycles. The monoisotopic (exact) mass is 281 g/mol. The van der Waals surface area contributed by atoms with E-state index in [9.17, 15) is 0 Å². The SMILES string of the molecule is CCOCCOc1c(CNC(C)(C)C)cccc1OC. The van der Waals surface area contributed by atoms with Crippen molar-refractivity contribution in [1.29, 1.82) is 0 Å². The second-order valence-corrected chi connectivity index (χ2v) is 5.60. The van der Waals surface area contributed by atoms with Gasteiger partial charge in [0.2, 0.25) is 0 Å². The molecule has 114 valence electrons. The average molecular weight is 281 g/mol. The van der Waals surface area contributed by atoms with Crippen LogP contribution in [0.25, 0.3) is 0 Å². The summed E-state index contributed by atoms with van der Waals surface area (Å²) in [6.45, 7) is 11.0. The van der Waals surface area contributed by atoms with Gasteiger partial charge in [-0.3, -0.25) is 0 Å². The number of hydrogen-bond acceptors (Lipinski definition) is 4. The van der Waals surface area contributed by atoms with Gasteiger partial charge >= 0.3 is 0 Å². The van der Waals surface area contributed by atoms with Gasteiger partial charge in [0.15, 0.2) is 11.5 Å². The van der Waals surface area contributed by atoms with E-state index in [2.05, 4.69) is 32.2 Å². The first-order valence-corrected chi connectivity index (χ1v) is 7.09. The van der Waals surface area contributed by atoms with Gasteiger partial charge in [-0.15, -0.1) is 0 Å². The lowest BCUT2D eigenvalue weighted by Crippen LogP contribution is -2.35. The van der Waals surface area contributed by atoms with Gasteiger partial charge in [-0.05, 0) is 33.8 Å². The topological polar surface area (TPSA) is 39.7 Å². The first kappa shape index (κ1) is 16.8. The van der Waals surface area contributed by atoms with Crippen molar-refractivity contribution in [3.8, 4) is 11.5 Å². The Bertz CT molecular complexity index is 399. The highest BCUT2D eigenvalue weighted by Crippen LogP contribution is 2.31. The Kier molecular flexibility index (Phi) is 6.82. The molecule has 0 spiro atoms. The van der Waals surface area contributed by atoms with Gasteiger partial charge in [-0.2, -0.15) is 0 Å². The zero-order valence-electron chi connectivity index (χ0n) is 13.3. The molecule has 20 heavy (non-hydrogen) atoms. The molecule has 1 N–H and O–H groups in total. The van der Waals surface area contributed by atoms with Crippen molar-refractivity contribution in [1.82, 2.24) is 5.32 Å². The van der Waals surface area contributed by atoms with Crippen LogP contribution in [0.5, 0.6) is 11.5 Å². The average Bonchev–Trinajstić information content (AvgIpc) is 2.41. The molecule has 0 aliphatic carbocycles. The Morgan fingerprint density at radius 3 is 2.50 bits per heavy atom. The standard InChI is InChI=1S/C16H27NO3/c1-6-19-10-11-20-15-13(12-17-16(2,3)4)8-7-9-14(15)18-5/h7-9,17H,6,10-12H2,1-5H3. The van der Waals surface area contributed by atoms with Crippen LogP contribution < -0.4 is 14.8 Å². The maximum atomic E-state index is 5.84. The third kappa shape index (κ3) is 5.80. The molecule has 4 nitrogen and oxygen atoms in total. The molecular formula is C16H27NO3. The first-order chi connectivity index (χ1) is 9.48. The highest BCUT2D eigenvalue weighted by molar-refractivity contribution is 5.46. The van der Waals surface area contributed by atoms with Crippen molar-refractivity contribution >= 4 is 0 Å². The minimum Gasteiger partial charge on any atom is -0.493 e. The zero-order chi connectivity index (χ0) is 15.0. The molecule has 0 heterocycles. The van der Waals surface area contributed by atoms with E-state index in [1.165, 1.54) is 0 Å². The Morgan fingerprint density at radius 2 is 1.90 bits per heavy atom. The molecule has 0 unspecified atom stereocenters. The van der Waals surface area contributed by atoms with Crippen LogP contribution in [0.2, 0.25) is 0 Å². The smallest absolute Gasteiger partial charge is 0.165 e. The lowest BCUT2D eigenvalue weighted by molar-refractivity contribution is 0.108. The summed E-state index contributed by atoms with van der Waals surface area (Å²) in [7, 11) is 1.66. The Morgan fingerprint density at radius 1 is 1.15 bits per heavy atom. The number of nitrogens with one attached hydrogen (secondary N) is 1. The molecule has 0 amide bonds. The highest BCUT2D eigenvalue weighted by Gasteiger charge is 2.14. The van der Waals surface area contributed by atoms with Crippen LogP contribution in [0.15, 0.2) is 18.2 Å². The highest BCUT2D eigenvalue weighted by atomic mass is 16.5. The van der Waals surface area contributed by atoms with Gasteiger partial charge in [-0.1, -0.05) is 12.1 Å². The number of hydrogen-bond donors (Lipinski definition) is 1. The largest absolute Gasteiger partial charge is 0.493 e. The van der Waals surface area contributed by atoms with Crippen LogP contribution in [0, 0.1) is 0 Å². The zero-order valence-corrected chi connectivity index (χ0v) is 13.3. The molecule has 1 aromatic carbocycles. The van der Waals surface area contributed by atoms with Crippen molar-refractivity contribution in [2.24, 2.45) is 0 Å². The van der Waals surface area contributed by atoms with Crippen LogP contribution in [-0.2, 0) is 11.3 Å².